The van der Waals surface area contributed by atoms with Crippen molar-refractivity contribution in [2.24, 2.45) is 0 Å². The second kappa shape index (κ2) is 6.10. The molecule has 0 radical (unpaired) electrons. The van der Waals surface area contributed by atoms with Gasteiger partial charge in [0.1, 0.15) is 11.6 Å². The van der Waals surface area contributed by atoms with Gasteiger partial charge in [-0.2, -0.15) is 9.94 Å². The molecule has 0 bridgehead atoms. The number of rotatable bonds is 2. The molecule has 2 rings (SSSR count). The second-order valence-corrected chi connectivity index (χ2v) is 4.63. The molecule has 2 aromatic rings. The van der Waals surface area contributed by atoms with Gasteiger partial charge in [0.05, 0.1) is 12.8 Å². The maximum atomic E-state index is 12.3. The van der Waals surface area contributed by atoms with Gasteiger partial charge in [0.15, 0.2) is 5.82 Å². The van der Waals surface area contributed by atoms with Crippen molar-refractivity contribution in [1.82, 2.24) is 9.78 Å². The van der Waals surface area contributed by atoms with Crippen molar-refractivity contribution in [3.05, 3.63) is 51.3 Å². The Balaban J connectivity index is 2.66. The molecule has 1 N–H and O–H groups in total. The van der Waals surface area contributed by atoms with Crippen LogP contribution in [0.3, 0.4) is 0 Å². The van der Waals surface area contributed by atoms with E-state index in [9.17, 15) is 14.9 Å². The highest BCUT2D eigenvalue weighted by molar-refractivity contribution is 5.84. The van der Waals surface area contributed by atoms with E-state index in [2.05, 4.69) is 15.2 Å². The summed E-state index contributed by atoms with van der Waals surface area (Å²) in [5, 5.41) is 15.7. The largest absolute Gasteiger partial charge is 0.453 e. The van der Waals surface area contributed by atoms with Crippen LogP contribution in [0.5, 0.6) is 0 Å². The number of hydrogen-bond donors (Lipinski definition) is 1. The van der Waals surface area contributed by atoms with Gasteiger partial charge < -0.3 is 4.74 Å². The molecule has 0 unspecified atom stereocenters. The zero-order valence-corrected chi connectivity index (χ0v) is 12.4. The van der Waals surface area contributed by atoms with Crippen LogP contribution in [0.4, 0.5) is 10.6 Å². The lowest BCUT2D eigenvalue weighted by molar-refractivity contribution is 0.186. The average molecular weight is 298 g/mol. The topological polar surface area (TPSA) is 97.0 Å². The number of nitrogens with zero attached hydrogens (tertiary/aromatic N) is 3. The van der Waals surface area contributed by atoms with Crippen molar-refractivity contribution in [2.45, 2.75) is 13.8 Å². The predicted octanol–water partition coefficient (Wildman–Crippen LogP) is 1.90. The first-order chi connectivity index (χ1) is 10.5. The third-order valence-electron chi connectivity index (χ3n) is 3.13. The maximum Gasteiger partial charge on any atom is 0.412 e. The van der Waals surface area contributed by atoms with Gasteiger partial charge in [-0.05, 0) is 26.0 Å². The Hall–Kier alpha value is -3.14. The van der Waals surface area contributed by atoms with Crippen molar-refractivity contribution in [3.63, 3.8) is 0 Å². The van der Waals surface area contributed by atoms with E-state index in [1.807, 2.05) is 25.1 Å². The van der Waals surface area contributed by atoms with Gasteiger partial charge >= 0.3 is 6.09 Å². The molecule has 0 fully saturated rings. The van der Waals surface area contributed by atoms with Crippen LogP contribution in [0.15, 0.2) is 29.1 Å². The molecule has 0 atom stereocenters. The molecule has 0 aliphatic heterocycles. The fourth-order valence-corrected chi connectivity index (χ4v) is 1.86. The summed E-state index contributed by atoms with van der Waals surface area (Å²) in [5.74, 6) is 0.101. The number of carbonyl (C=O) groups is 1. The average Bonchev–Trinajstić information content (AvgIpc) is 2.51. The van der Waals surface area contributed by atoms with Gasteiger partial charge in [-0.25, -0.2) is 4.79 Å². The van der Waals surface area contributed by atoms with Gasteiger partial charge in [0, 0.05) is 5.56 Å². The van der Waals surface area contributed by atoms with Crippen molar-refractivity contribution >= 4 is 11.9 Å². The number of anilines is 1. The molecule has 1 aromatic carbocycles. The monoisotopic (exact) mass is 298 g/mol. The van der Waals surface area contributed by atoms with E-state index in [1.165, 1.54) is 14.0 Å². The highest BCUT2D eigenvalue weighted by Crippen LogP contribution is 2.15. The summed E-state index contributed by atoms with van der Waals surface area (Å²) in [4.78, 5) is 23.7. The summed E-state index contributed by atoms with van der Waals surface area (Å²) in [5.41, 5.74) is 1.19. The first-order valence-corrected chi connectivity index (χ1v) is 6.44. The molecular weight excluding hydrogens is 284 g/mol. The van der Waals surface area contributed by atoms with Crippen LogP contribution < -0.4 is 10.9 Å². The Kier molecular flexibility index (Phi) is 4.23. The Bertz CT molecular complexity index is 816. The normalized spacial score (nSPS) is 9.91. The van der Waals surface area contributed by atoms with Crippen LogP contribution in [-0.4, -0.2) is 23.0 Å². The summed E-state index contributed by atoms with van der Waals surface area (Å²) < 4.78 is 5.59. The Morgan fingerprint density at radius 1 is 1.32 bits per heavy atom. The van der Waals surface area contributed by atoms with E-state index in [4.69, 9.17) is 0 Å². The molecule has 7 heteroatoms. The molecule has 0 spiro atoms. The van der Waals surface area contributed by atoms with Gasteiger partial charge in [-0.1, -0.05) is 17.7 Å². The van der Waals surface area contributed by atoms with E-state index in [-0.39, 0.29) is 11.4 Å². The quantitative estimate of drug-likeness (QED) is 0.913. The maximum absolute atomic E-state index is 12.3. The smallest absolute Gasteiger partial charge is 0.412 e. The van der Waals surface area contributed by atoms with Crippen LogP contribution in [-0.2, 0) is 4.74 Å². The lowest BCUT2D eigenvalue weighted by atomic mass is 10.1. The van der Waals surface area contributed by atoms with E-state index >= 15 is 0 Å². The summed E-state index contributed by atoms with van der Waals surface area (Å²) in [7, 11) is 1.21. The molecule has 0 aliphatic rings. The predicted molar refractivity (Wildman–Crippen MR) is 80.1 cm³/mol. The first-order valence-electron chi connectivity index (χ1n) is 6.44. The van der Waals surface area contributed by atoms with Crippen molar-refractivity contribution < 1.29 is 9.53 Å². The van der Waals surface area contributed by atoms with Gasteiger partial charge in [-0.3, -0.25) is 10.1 Å². The Labute approximate surface area is 126 Å². The highest BCUT2D eigenvalue weighted by Gasteiger charge is 2.16. The number of nitrogens with one attached hydrogen (secondary N) is 1. The van der Waals surface area contributed by atoms with Gasteiger partial charge in [0.2, 0.25) is 0 Å². The van der Waals surface area contributed by atoms with Crippen molar-refractivity contribution in [2.75, 3.05) is 12.4 Å². The zero-order chi connectivity index (χ0) is 16.3. The molecule has 0 aliphatic carbocycles. The third kappa shape index (κ3) is 2.81. The van der Waals surface area contributed by atoms with Gasteiger partial charge in [0.25, 0.3) is 5.56 Å². The molecular formula is C15H14N4O3. The van der Waals surface area contributed by atoms with E-state index in [1.54, 1.807) is 12.1 Å². The third-order valence-corrected chi connectivity index (χ3v) is 3.13. The fraction of sp³-hybridized carbons (Fsp3) is 0.200. The molecule has 0 saturated heterocycles. The lowest BCUT2D eigenvalue weighted by Gasteiger charge is -2.11. The minimum absolute atomic E-state index is 0.0815. The number of hydrogen-bond acceptors (Lipinski definition) is 5. The second-order valence-electron chi connectivity index (χ2n) is 4.63. The minimum Gasteiger partial charge on any atom is -0.453 e. The molecule has 1 amide bonds. The SMILES string of the molecule is COC(=O)Nc1nn(-c2ccc(C)cc2)c(=O)c(C#N)c1C. The number of ether oxygens (including phenoxy) is 1. The summed E-state index contributed by atoms with van der Waals surface area (Å²) >= 11 is 0. The summed E-state index contributed by atoms with van der Waals surface area (Å²) in [6.45, 7) is 3.46. The molecule has 1 heterocycles. The minimum atomic E-state index is -0.728. The van der Waals surface area contributed by atoms with Crippen molar-refractivity contribution in [1.29, 1.82) is 5.26 Å². The molecule has 112 valence electrons. The van der Waals surface area contributed by atoms with Crippen LogP contribution in [0.25, 0.3) is 5.69 Å². The first kappa shape index (κ1) is 15.3. The lowest BCUT2D eigenvalue weighted by Crippen LogP contribution is -2.27. The van der Waals surface area contributed by atoms with Crippen LogP contribution >= 0.6 is 0 Å². The Morgan fingerprint density at radius 3 is 2.50 bits per heavy atom. The van der Waals surface area contributed by atoms with Crippen LogP contribution in [0, 0.1) is 25.2 Å². The molecule has 1 aromatic heterocycles. The van der Waals surface area contributed by atoms with Gasteiger partial charge in [-0.15, -0.1) is 5.10 Å². The van der Waals surface area contributed by atoms with Crippen LogP contribution in [0.2, 0.25) is 0 Å². The zero-order valence-electron chi connectivity index (χ0n) is 12.4. The number of nitriles is 1. The standard InChI is InChI=1S/C15H14N4O3/c1-9-4-6-11(7-5-9)19-14(20)12(8-16)10(2)13(18-19)17-15(21)22-3/h4-7H,1-3H3,(H,17,18,21). The molecule has 22 heavy (non-hydrogen) atoms. The molecule has 0 saturated carbocycles. The fourth-order valence-electron chi connectivity index (χ4n) is 1.86. The van der Waals surface area contributed by atoms with E-state index in [0.717, 1.165) is 10.2 Å². The number of aromatic nitrogens is 2. The number of carbonyl (C=O) groups excluding carboxylic acids is 1. The highest BCUT2D eigenvalue weighted by atomic mass is 16.5. The summed E-state index contributed by atoms with van der Waals surface area (Å²) in [6, 6.07) is 8.92. The van der Waals surface area contributed by atoms with Crippen LogP contribution in [0.1, 0.15) is 16.7 Å². The molecule has 7 nitrogen and oxygen atoms in total. The Morgan fingerprint density at radius 2 is 1.95 bits per heavy atom. The number of aryl methyl sites for hydroxylation is 1. The van der Waals surface area contributed by atoms with Crippen molar-refractivity contribution in [3.8, 4) is 11.8 Å². The van der Waals surface area contributed by atoms with E-state index < -0.39 is 11.7 Å². The number of methoxy groups -OCH3 is 1. The number of amides is 1. The number of benzene rings is 1. The van der Waals surface area contributed by atoms with E-state index in [0.29, 0.717) is 11.3 Å². The summed E-state index contributed by atoms with van der Waals surface area (Å²) in [6.07, 6.45) is -0.728.